The van der Waals surface area contributed by atoms with E-state index in [0.29, 0.717) is 6.61 Å². The zero-order chi connectivity index (χ0) is 9.68. The monoisotopic (exact) mass is 180 g/mol. The van der Waals surface area contributed by atoms with E-state index in [2.05, 4.69) is 5.32 Å². The molecule has 0 unspecified atom stereocenters. The van der Waals surface area contributed by atoms with Crippen LogP contribution >= 0.6 is 0 Å². The SMILES string of the molecule is COCCNc1c(C)cccc1N. The molecule has 0 aromatic heterocycles. The highest BCUT2D eigenvalue weighted by molar-refractivity contribution is 5.69. The highest BCUT2D eigenvalue weighted by Gasteiger charge is 2.00. The molecule has 0 spiro atoms. The van der Waals surface area contributed by atoms with Gasteiger partial charge in [0.15, 0.2) is 0 Å². The number of ether oxygens (including phenoxy) is 1. The first-order valence-corrected chi connectivity index (χ1v) is 4.33. The predicted octanol–water partition coefficient (Wildman–Crippen LogP) is 1.64. The second-order valence-corrected chi connectivity index (χ2v) is 2.96. The number of anilines is 2. The first-order valence-electron chi connectivity index (χ1n) is 4.33. The van der Waals surface area contributed by atoms with Crippen LogP contribution in [0.5, 0.6) is 0 Å². The van der Waals surface area contributed by atoms with Crippen LogP contribution in [0, 0.1) is 6.92 Å². The van der Waals surface area contributed by atoms with E-state index in [1.807, 2.05) is 25.1 Å². The number of hydrogen-bond acceptors (Lipinski definition) is 3. The maximum absolute atomic E-state index is 5.80. The van der Waals surface area contributed by atoms with Crippen molar-refractivity contribution in [2.45, 2.75) is 6.92 Å². The van der Waals surface area contributed by atoms with Crippen LogP contribution < -0.4 is 11.1 Å². The van der Waals surface area contributed by atoms with E-state index in [9.17, 15) is 0 Å². The Labute approximate surface area is 78.9 Å². The van der Waals surface area contributed by atoms with Crippen molar-refractivity contribution < 1.29 is 4.74 Å². The van der Waals surface area contributed by atoms with Crippen molar-refractivity contribution in [1.82, 2.24) is 0 Å². The molecule has 3 heteroatoms. The molecule has 0 bridgehead atoms. The van der Waals surface area contributed by atoms with E-state index in [-0.39, 0.29) is 0 Å². The fourth-order valence-electron chi connectivity index (χ4n) is 1.21. The summed E-state index contributed by atoms with van der Waals surface area (Å²) in [5, 5.41) is 3.23. The predicted molar refractivity (Wildman–Crippen MR) is 56.0 cm³/mol. The van der Waals surface area contributed by atoms with E-state index in [0.717, 1.165) is 23.5 Å². The first kappa shape index (κ1) is 9.86. The number of hydrogen-bond donors (Lipinski definition) is 2. The normalized spacial score (nSPS) is 10.0. The van der Waals surface area contributed by atoms with Crippen molar-refractivity contribution in [3.05, 3.63) is 23.8 Å². The van der Waals surface area contributed by atoms with E-state index in [1.54, 1.807) is 7.11 Å². The highest BCUT2D eigenvalue weighted by Crippen LogP contribution is 2.21. The Morgan fingerprint density at radius 1 is 1.46 bits per heavy atom. The quantitative estimate of drug-likeness (QED) is 0.547. The lowest BCUT2D eigenvalue weighted by Crippen LogP contribution is -2.10. The molecular formula is C10H16N2O. The fourth-order valence-corrected chi connectivity index (χ4v) is 1.21. The van der Waals surface area contributed by atoms with Crippen molar-refractivity contribution in [3.63, 3.8) is 0 Å². The van der Waals surface area contributed by atoms with Crippen LogP contribution in [0.4, 0.5) is 11.4 Å². The van der Waals surface area contributed by atoms with Gasteiger partial charge < -0.3 is 15.8 Å². The van der Waals surface area contributed by atoms with Gasteiger partial charge in [0.2, 0.25) is 0 Å². The first-order chi connectivity index (χ1) is 6.25. The molecule has 0 atom stereocenters. The number of aryl methyl sites for hydroxylation is 1. The molecule has 1 aromatic rings. The van der Waals surface area contributed by atoms with Gasteiger partial charge in [0, 0.05) is 13.7 Å². The third-order valence-corrected chi connectivity index (χ3v) is 1.91. The lowest BCUT2D eigenvalue weighted by Gasteiger charge is -2.11. The second kappa shape index (κ2) is 4.72. The van der Waals surface area contributed by atoms with Crippen LogP contribution in [0.15, 0.2) is 18.2 Å². The summed E-state index contributed by atoms with van der Waals surface area (Å²) in [5.74, 6) is 0. The summed E-state index contributed by atoms with van der Waals surface area (Å²) < 4.78 is 4.94. The maximum atomic E-state index is 5.80. The molecule has 72 valence electrons. The molecule has 0 aliphatic rings. The second-order valence-electron chi connectivity index (χ2n) is 2.96. The molecule has 0 amide bonds. The van der Waals surface area contributed by atoms with E-state index >= 15 is 0 Å². The molecule has 0 heterocycles. The van der Waals surface area contributed by atoms with Crippen LogP contribution in [-0.4, -0.2) is 20.3 Å². The van der Waals surface area contributed by atoms with Crippen molar-refractivity contribution in [3.8, 4) is 0 Å². The largest absolute Gasteiger partial charge is 0.397 e. The summed E-state index contributed by atoms with van der Waals surface area (Å²) in [6, 6.07) is 5.87. The van der Waals surface area contributed by atoms with Crippen molar-refractivity contribution in [2.24, 2.45) is 0 Å². The molecule has 3 N–H and O–H groups in total. The average molecular weight is 180 g/mol. The van der Waals surface area contributed by atoms with Gasteiger partial charge in [0.05, 0.1) is 18.0 Å². The average Bonchev–Trinajstić information content (AvgIpc) is 2.10. The van der Waals surface area contributed by atoms with Gasteiger partial charge in [0.25, 0.3) is 0 Å². The van der Waals surface area contributed by atoms with E-state index in [4.69, 9.17) is 10.5 Å². The Hall–Kier alpha value is -1.22. The fraction of sp³-hybridized carbons (Fsp3) is 0.400. The minimum atomic E-state index is 0.688. The number of nitrogens with one attached hydrogen (secondary N) is 1. The van der Waals surface area contributed by atoms with Gasteiger partial charge in [0.1, 0.15) is 0 Å². The number of benzene rings is 1. The number of nitrogens with two attached hydrogens (primary N) is 1. The minimum Gasteiger partial charge on any atom is -0.397 e. The molecule has 0 fully saturated rings. The lowest BCUT2D eigenvalue weighted by atomic mass is 10.1. The Morgan fingerprint density at radius 3 is 2.85 bits per heavy atom. The summed E-state index contributed by atoms with van der Waals surface area (Å²) in [7, 11) is 1.68. The Balaban J connectivity index is 2.64. The molecule has 1 rings (SSSR count). The van der Waals surface area contributed by atoms with Gasteiger partial charge in [-0.3, -0.25) is 0 Å². The summed E-state index contributed by atoms with van der Waals surface area (Å²) in [5.41, 5.74) is 8.76. The molecule has 0 saturated carbocycles. The Bertz CT molecular complexity index is 253. The lowest BCUT2D eigenvalue weighted by molar-refractivity contribution is 0.211. The summed E-state index contributed by atoms with van der Waals surface area (Å²) in [4.78, 5) is 0. The third kappa shape index (κ3) is 2.63. The number of rotatable bonds is 4. The molecule has 0 saturated heterocycles. The van der Waals surface area contributed by atoms with Gasteiger partial charge in [-0.1, -0.05) is 12.1 Å². The Morgan fingerprint density at radius 2 is 2.23 bits per heavy atom. The van der Waals surface area contributed by atoms with Gasteiger partial charge >= 0.3 is 0 Å². The van der Waals surface area contributed by atoms with Gasteiger partial charge in [-0.25, -0.2) is 0 Å². The smallest absolute Gasteiger partial charge is 0.0635 e. The molecule has 0 radical (unpaired) electrons. The van der Waals surface area contributed by atoms with Crippen LogP contribution in [0.2, 0.25) is 0 Å². The molecule has 0 aliphatic carbocycles. The van der Waals surface area contributed by atoms with Gasteiger partial charge in [-0.15, -0.1) is 0 Å². The zero-order valence-corrected chi connectivity index (χ0v) is 8.13. The topological polar surface area (TPSA) is 47.3 Å². The molecule has 0 aliphatic heterocycles. The molecule has 1 aromatic carbocycles. The highest BCUT2D eigenvalue weighted by atomic mass is 16.5. The maximum Gasteiger partial charge on any atom is 0.0635 e. The van der Waals surface area contributed by atoms with Crippen molar-refractivity contribution in [2.75, 3.05) is 31.3 Å². The van der Waals surface area contributed by atoms with E-state index < -0.39 is 0 Å². The zero-order valence-electron chi connectivity index (χ0n) is 8.13. The number of para-hydroxylation sites is 1. The summed E-state index contributed by atoms with van der Waals surface area (Å²) in [6.07, 6.45) is 0. The van der Waals surface area contributed by atoms with Crippen LogP contribution in [-0.2, 0) is 4.74 Å². The van der Waals surface area contributed by atoms with Gasteiger partial charge in [-0.05, 0) is 18.6 Å². The summed E-state index contributed by atoms with van der Waals surface area (Å²) in [6.45, 7) is 3.50. The minimum absolute atomic E-state index is 0.688. The van der Waals surface area contributed by atoms with Gasteiger partial charge in [-0.2, -0.15) is 0 Å². The standard InChI is InChI=1S/C10H16N2O/c1-8-4-3-5-9(11)10(8)12-6-7-13-2/h3-5,12H,6-7,11H2,1-2H3. The molecule has 13 heavy (non-hydrogen) atoms. The van der Waals surface area contributed by atoms with E-state index in [1.165, 1.54) is 0 Å². The molecule has 3 nitrogen and oxygen atoms in total. The Kier molecular flexibility index (Phi) is 3.58. The molecular weight excluding hydrogens is 164 g/mol. The van der Waals surface area contributed by atoms with Crippen molar-refractivity contribution in [1.29, 1.82) is 0 Å². The summed E-state index contributed by atoms with van der Waals surface area (Å²) >= 11 is 0. The van der Waals surface area contributed by atoms with Crippen LogP contribution in [0.3, 0.4) is 0 Å². The van der Waals surface area contributed by atoms with Crippen LogP contribution in [0.25, 0.3) is 0 Å². The van der Waals surface area contributed by atoms with Crippen molar-refractivity contribution >= 4 is 11.4 Å². The number of methoxy groups -OCH3 is 1. The number of nitrogen functional groups attached to an aromatic ring is 1. The third-order valence-electron chi connectivity index (χ3n) is 1.91. The van der Waals surface area contributed by atoms with Crippen LogP contribution in [0.1, 0.15) is 5.56 Å².